The van der Waals surface area contributed by atoms with Gasteiger partial charge in [-0.2, -0.15) is 0 Å². The summed E-state index contributed by atoms with van der Waals surface area (Å²) < 4.78 is 0. The van der Waals surface area contributed by atoms with Gasteiger partial charge in [0.15, 0.2) is 0 Å². The van der Waals surface area contributed by atoms with Gasteiger partial charge in [-0.3, -0.25) is 0 Å². The molecular weight excluding hydrogens is 542 g/mol. The SMILES string of the molecule is C[C@H]1C[C@@H]2C[C@H](C1)C1(c3ccccc3-c3cc(N(c4ccccc4)c4ccc5c(c4)C(C)(C)c4ccccc4-5)ccc31)[C@H](C)C2. The normalized spacial score (nSPS) is 26.6. The minimum absolute atomic E-state index is 0.0420. The summed E-state index contributed by atoms with van der Waals surface area (Å²) >= 11 is 0. The molecule has 0 radical (unpaired) electrons. The van der Waals surface area contributed by atoms with E-state index in [1.165, 1.54) is 76.1 Å². The number of para-hydroxylation sites is 1. The van der Waals surface area contributed by atoms with E-state index in [9.17, 15) is 0 Å². The first-order valence-corrected chi connectivity index (χ1v) is 17.2. The van der Waals surface area contributed by atoms with Crippen LogP contribution in [0.1, 0.15) is 75.6 Å². The molecule has 0 saturated heterocycles. The smallest absolute Gasteiger partial charge is 0.0468 e. The van der Waals surface area contributed by atoms with Crippen LogP contribution in [-0.2, 0) is 10.8 Å². The van der Waals surface area contributed by atoms with Gasteiger partial charge in [0.05, 0.1) is 0 Å². The Morgan fingerprint density at radius 3 is 1.93 bits per heavy atom. The van der Waals surface area contributed by atoms with Gasteiger partial charge in [-0.1, -0.05) is 107 Å². The molecule has 45 heavy (non-hydrogen) atoms. The number of hydrogen-bond donors (Lipinski definition) is 0. The second kappa shape index (κ2) is 9.70. The number of anilines is 3. The Hall–Kier alpha value is -4.10. The molecule has 1 nitrogen and oxygen atoms in total. The van der Waals surface area contributed by atoms with Crippen molar-refractivity contribution in [3.63, 3.8) is 0 Å². The minimum atomic E-state index is -0.0420. The largest absolute Gasteiger partial charge is 0.310 e. The van der Waals surface area contributed by atoms with Gasteiger partial charge in [0.1, 0.15) is 0 Å². The van der Waals surface area contributed by atoms with Crippen LogP contribution in [0.2, 0.25) is 0 Å². The van der Waals surface area contributed by atoms with E-state index in [-0.39, 0.29) is 10.8 Å². The zero-order valence-corrected chi connectivity index (χ0v) is 27.1. The van der Waals surface area contributed by atoms with Crippen molar-refractivity contribution in [3.8, 4) is 22.3 Å². The molecule has 2 bridgehead atoms. The Labute approximate surface area is 269 Å². The molecule has 2 fully saturated rings. The van der Waals surface area contributed by atoms with E-state index in [1.54, 1.807) is 11.1 Å². The summed E-state index contributed by atoms with van der Waals surface area (Å²) in [6.07, 6.45) is 5.49. The van der Waals surface area contributed by atoms with Crippen molar-refractivity contribution in [1.29, 1.82) is 0 Å². The third-order valence-corrected chi connectivity index (χ3v) is 12.4. The molecule has 4 aliphatic carbocycles. The highest BCUT2D eigenvalue weighted by Crippen LogP contribution is 2.65. The molecule has 9 rings (SSSR count). The number of nitrogens with zero attached hydrogens (tertiary/aromatic N) is 1. The second-order valence-electron chi connectivity index (χ2n) is 15.2. The van der Waals surface area contributed by atoms with Gasteiger partial charge in [-0.25, -0.2) is 0 Å². The number of rotatable bonds is 3. The first kappa shape index (κ1) is 27.2. The predicted octanol–water partition coefficient (Wildman–Crippen LogP) is 11.8. The Balaban J connectivity index is 1.23. The zero-order chi connectivity index (χ0) is 30.5. The summed E-state index contributed by atoms with van der Waals surface area (Å²) in [4.78, 5) is 2.48. The monoisotopic (exact) mass is 585 g/mol. The first-order valence-electron chi connectivity index (χ1n) is 17.2. The molecule has 5 atom stereocenters. The van der Waals surface area contributed by atoms with Crippen molar-refractivity contribution in [2.75, 3.05) is 4.90 Å². The topological polar surface area (TPSA) is 3.24 Å². The maximum atomic E-state index is 2.56. The quantitative estimate of drug-likeness (QED) is 0.204. The molecule has 0 amide bonds. The van der Waals surface area contributed by atoms with E-state index in [4.69, 9.17) is 0 Å². The van der Waals surface area contributed by atoms with Crippen LogP contribution in [-0.4, -0.2) is 0 Å². The summed E-state index contributed by atoms with van der Waals surface area (Å²) in [5, 5.41) is 0. The molecule has 0 N–H and O–H groups in total. The van der Waals surface area contributed by atoms with Gasteiger partial charge in [0, 0.05) is 27.9 Å². The first-order chi connectivity index (χ1) is 21.9. The van der Waals surface area contributed by atoms with E-state index in [2.05, 4.69) is 148 Å². The van der Waals surface area contributed by atoms with Crippen LogP contribution in [0.3, 0.4) is 0 Å². The Morgan fingerprint density at radius 1 is 0.511 bits per heavy atom. The third kappa shape index (κ3) is 3.73. The van der Waals surface area contributed by atoms with Crippen LogP contribution in [0.15, 0.2) is 115 Å². The summed E-state index contributed by atoms with van der Waals surface area (Å²) in [6, 6.07) is 43.9. The summed E-state index contributed by atoms with van der Waals surface area (Å²) in [7, 11) is 0. The van der Waals surface area contributed by atoms with Crippen LogP contribution in [0.4, 0.5) is 17.1 Å². The van der Waals surface area contributed by atoms with Gasteiger partial charge in [0.2, 0.25) is 0 Å². The lowest BCUT2D eigenvalue weighted by atomic mass is 9.49. The lowest BCUT2D eigenvalue weighted by Crippen LogP contribution is -2.49. The molecular formula is C44H43N. The molecule has 2 saturated carbocycles. The Kier molecular flexibility index (Phi) is 5.87. The van der Waals surface area contributed by atoms with E-state index in [0.29, 0.717) is 11.8 Å². The Bertz CT molecular complexity index is 1950. The molecule has 0 heterocycles. The maximum Gasteiger partial charge on any atom is 0.0468 e. The van der Waals surface area contributed by atoms with Crippen LogP contribution in [0.25, 0.3) is 22.3 Å². The van der Waals surface area contributed by atoms with Crippen LogP contribution in [0.5, 0.6) is 0 Å². The second-order valence-corrected chi connectivity index (χ2v) is 15.2. The summed E-state index contributed by atoms with van der Waals surface area (Å²) in [5.74, 6) is 3.07. The van der Waals surface area contributed by atoms with Crippen molar-refractivity contribution in [2.24, 2.45) is 23.7 Å². The molecule has 1 spiro atoms. The van der Waals surface area contributed by atoms with Crippen LogP contribution in [0, 0.1) is 23.7 Å². The highest BCUT2D eigenvalue weighted by molar-refractivity contribution is 5.89. The van der Waals surface area contributed by atoms with Crippen LogP contribution < -0.4 is 4.90 Å². The fourth-order valence-corrected chi connectivity index (χ4v) is 10.7. The molecule has 5 aromatic carbocycles. The fraction of sp³-hybridized carbons (Fsp3) is 0.318. The van der Waals surface area contributed by atoms with E-state index in [1.807, 2.05) is 0 Å². The summed E-state index contributed by atoms with van der Waals surface area (Å²) in [6.45, 7) is 9.82. The number of benzene rings is 5. The highest BCUT2D eigenvalue weighted by atomic mass is 15.1. The average molecular weight is 586 g/mol. The molecule has 0 aromatic heterocycles. The predicted molar refractivity (Wildman–Crippen MR) is 189 cm³/mol. The van der Waals surface area contributed by atoms with E-state index in [0.717, 1.165) is 11.8 Å². The van der Waals surface area contributed by atoms with Crippen molar-refractivity contribution in [2.45, 2.75) is 64.2 Å². The highest BCUT2D eigenvalue weighted by Gasteiger charge is 2.56. The lowest BCUT2D eigenvalue weighted by molar-refractivity contribution is 0.0426. The van der Waals surface area contributed by atoms with Gasteiger partial charge >= 0.3 is 0 Å². The van der Waals surface area contributed by atoms with E-state index < -0.39 is 0 Å². The lowest BCUT2D eigenvalue weighted by Gasteiger charge is -2.54. The van der Waals surface area contributed by atoms with Gasteiger partial charge in [-0.05, 0) is 130 Å². The maximum absolute atomic E-state index is 2.56. The Morgan fingerprint density at radius 2 is 1.13 bits per heavy atom. The van der Waals surface area contributed by atoms with Crippen molar-refractivity contribution in [3.05, 3.63) is 138 Å². The summed E-state index contributed by atoms with van der Waals surface area (Å²) in [5.41, 5.74) is 15.4. The minimum Gasteiger partial charge on any atom is -0.310 e. The average Bonchev–Trinajstić information content (AvgIpc) is 3.47. The van der Waals surface area contributed by atoms with Crippen molar-refractivity contribution in [1.82, 2.24) is 0 Å². The number of fused-ring (bicyclic) bond motifs is 11. The number of hydrogen-bond acceptors (Lipinski definition) is 1. The zero-order valence-electron chi connectivity index (χ0n) is 27.1. The molecule has 4 aliphatic rings. The van der Waals surface area contributed by atoms with Gasteiger partial charge < -0.3 is 4.90 Å². The standard InChI is InChI=1S/C44H43N/c1-28-22-30-24-29(2)44(31(23-28)25-30)40-17-11-9-15-36(40)38-26-33(19-21-41(38)44)45(32-12-6-5-7-13-32)34-18-20-37-35-14-8-10-16-39(35)43(3,4)42(37)27-34/h5-21,26-31H,22-25H2,1-4H3/t28-,29+,30-,31-,44?/m0/s1. The van der Waals surface area contributed by atoms with Gasteiger partial charge in [-0.15, -0.1) is 0 Å². The van der Waals surface area contributed by atoms with Crippen LogP contribution >= 0.6 is 0 Å². The third-order valence-electron chi connectivity index (χ3n) is 12.4. The molecule has 5 aromatic rings. The molecule has 1 unspecified atom stereocenters. The molecule has 1 heteroatoms. The molecule has 224 valence electrons. The van der Waals surface area contributed by atoms with E-state index >= 15 is 0 Å². The molecule has 0 aliphatic heterocycles. The van der Waals surface area contributed by atoms with Crippen molar-refractivity contribution >= 4 is 17.1 Å². The van der Waals surface area contributed by atoms with Crippen molar-refractivity contribution < 1.29 is 0 Å². The fourth-order valence-electron chi connectivity index (χ4n) is 10.7. The van der Waals surface area contributed by atoms with Gasteiger partial charge in [0.25, 0.3) is 0 Å².